The summed E-state index contributed by atoms with van der Waals surface area (Å²) in [5, 5.41) is 1.12. The molecular weight excluding hydrogens is 234 g/mol. The van der Waals surface area contributed by atoms with Gasteiger partial charge in [0, 0.05) is 17.7 Å². The van der Waals surface area contributed by atoms with E-state index in [1.807, 2.05) is 24.4 Å². The first-order valence-electron chi connectivity index (χ1n) is 5.67. The van der Waals surface area contributed by atoms with Gasteiger partial charge >= 0.3 is 0 Å². The van der Waals surface area contributed by atoms with E-state index in [1.54, 1.807) is 0 Å². The number of aromatic nitrogens is 3. The van der Waals surface area contributed by atoms with Gasteiger partial charge in [-0.2, -0.15) is 0 Å². The van der Waals surface area contributed by atoms with Gasteiger partial charge < -0.3 is 4.98 Å². The molecule has 17 heavy (non-hydrogen) atoms. The fraction of sp³-hybridized carbons (Fsp3) is 0.231. The molecule has 0 atom stereocenters. The lowest BCUT2D eigenvalue weighted by Gasteiger charge is -1.96. The van der Waals surface area contributed by atoms with Crippen LogP contribution in [0.2, 0.25) is 0 Å². The third-order valence-electron chi connectivity index (χ3n) is 2.83. The lowest BCUT2D eigenvalue weighted by atomic mass is 10.2. The monoisotopic (exact) mass is 245 g/mol. The number of alkyl halides is 1. The fourth-order valence-electron chi connectivity index (χ4n) is 2.02. The molecule has 2 heterocycles. The van der Waals surface area contributed by atoms with Crippen LogP contribution in [0.4, 0.5) is 0 Å². The van der Waals surface area contributed by atoms with Crippen LogP contribution in [0.1, 0.15) is 12.2 Å². The molecule has 0 amide bonds. The number of pyridine rings is 1. The summed E-state index contributed by atoms with van der Waals surface area (Å²) in [6.45, 7) is 0. The van der Waals surface area contributed by atoms with Crippen LogP contribution >= 0.6 is 11.6 Å². The zero-order valence-corrected chi connectivity index (χ0v) is 10.0. The number of fused-ring (bicyclic) bond motifs is 3. The number of hydrogen-bond acceptors (Lipinski definition) is 2. The highest BCUT2D eigenvalue weighted by Crippen LogP contribution is 2.21. The average Bonchev–Trinajstić information content (AvgIpc) is 2.79. The molecule has 0 bridgehead atoms. The van der Waals surface area contributed by atoms with Crippen LogP contribution in [-0.2, 0) is 6.42 Å². The number of aryl methyl sites for hydroxylation is 1. The first kappa shape index (κ1) is 10.5. The molecule has 0 aliphatic carbocycles. The molecule has 0 saturated carbocycles. The van der Waals surface area contributed by atoms with Crippen molar-refractivity contribution in [2.75, 3.05) is 5.88 Å². The van der Waals surface area contributed by atoms with Crippen molar-refractivity contribution in [3.63, 3.8) is 0 Å². The SMILES string of the molecule is ClCCCc1nc2cnc3ccccc3c2[nH]1. The van der Waals surface area contributed by atoms with Crippen LogP contribution in [0.25, 0.3) is 21.9 Å². The average molecular weight is 246 g/mol. The van der Waals surface area contributed by atoms with Gasteiger partial charge in [0.15, 0.2) is 0 Å². The Morgan fingerprint density at radius 3 is 2.94 bits per heavy atom. The summed E-state index contributed by atoms with van der Waals surface area (Å²) in [5.74, 6) is 1.65. The minimum Gasteiger partial charge on any atom is -0.341 e. The molecule has 0 unspecified atom stereocenters. The van der Waals surface area contributed by atoms with E-state index in [9.17, 15) is 0 Å². The minimum atomic E-state index is 0.663. The number of nitrogens with zero attached hydrogens (tertiary/aromatic N) is 2. The summed E-state index contributed by atoms with van der Waals surface area (Å²) in [5.41, 5.74) is 2.99. The number of nitrogens with one attached hydrogen (secondary N) is 1. The maximum Gasteiger partial charge on any atom is 0.108 e. The molecule has 3 aromatic rings. The van der Waals surface area contributed by atoms with Gasteiger partial charge in [-0.1, -0.05) is 18.2 Å². The summed E-state index contributed by atoms with van der Waals surface area (Å²) >= 11 is 5.69. The van der Waals surface area contributed by atoms with Crippen molar-refractivity contribution in [2.24, 2.45) is 0 Å². The van der Waals surface area contributed by atoms with E-state index in [-0.39, 0.29) is 0 Å². The second-order valence-corrected chi connectivity index (χ2v) is 4.39. The zero-order chi connectivity index (χ0) is 11.7. The Kier molecular flexibility index (Phi) is 2.69. The Bertz CT molecular complexity index is 660. The molecule has 3 nitrogen and oxygen atoms in total. The van der Waals surface area contributed by atoms with Crippen molar-refractivity contribution in [1.82, 2.24) is 15.0 Å². The lowest BCUT2D eigenvalue weighted by molar-refractivity contribution is 0.867. The quantitative estimate of drug-likeness (QED) is 0.720. The number of hydrogen-bond donors (Lipinski definition) is 1. The van der Waals surface area contributed by atoms with E-state index in [0.29, 0.717) is 5.88 Å². The molecule has 1 N–H and O–H groups in total. The largest absolute Gasteiger partial charge is 0.341 e. The van der Waals surface area contributed by atoms with Gasteiger partial charge in [-0.15, -0.1) is 11.6 Å². The van der Waals surface area contributed by atoms with Gasteiger partial charge in [0.25, 0.3) is 0 Å². The number of imidazole rings is 1. The topological polar surface area (TPSA) is 41.6 Å². The first-order chi connectivity index (χ1) is 8.38. The standard InChI is InChI=1S/C13H12ClN3/c14-7-3-6-12-16-11-8-15-10-5-2-1-4-9(10)13(11)17-12/h1-2,4-5,8H,3,6-7H2,(H,16,17). The summed E-state index contributed by atoms with van der Waals surface area (Å²) in [7, 11) is 0. The van der Waals surface area contributed by atoms with Crippen LogP contribution in [0.5, 0.6) is 0 Å². The van der Waals surface area contributed by atoms with Crippen molar-refractivity contribution in [2.45, 2.75) is 12.8 Å². The third-order valence-corrected chi connectivity index (χ3v) is 3.09. The van der Waals surface area contributed by atoms with Crippen molar-refractivity contribution in [3.05, 3.63) is 36.3 Å². The number of benzene rings is 1. The summed E-state index contributed by atoms with van der Waals surface area (Å²) in [6, 6.07) is 8.08. The molecule has 0 aliphatic heterocycles. The molecule has 0 fully saturated rings. The van der Waals surface area contributed by atoms with Crippen LogP contribution in [0, 0.1) is 0 Å². The van der Waals surface area contributed by atoms with Crippen LogP contribution in [-0.4, -0.2) is 20.8 Å². The smallest absolute Gasteiger partial charge is 0.108 e. The predicted molar refractivity (Wildman–Crippen MR) is 70.4 cm³/mol. The highest BCUT2D eigenvalue weighted by Gasteiger charge is 2.06. The van der Waals surface area contributed by atoms with Gasteiger partial charge in [-0.05, 0) is 12.5 Å². The maximum atomic E-state index is 5.69. The van der Waals surface area contributed by atoms with E-state index < -0.39 is 0 Å². The molecule has 0 spiro atoms. The molecule has 2 aromatic heterocycles. The number of H-pyrrole nitrogens is 1. The fourth-order valence-corrected chi connectivity index (χ4v) is 2.15. The Hall–Kier alpha value is -1.61. The summed E-state index contributed by atoms with van der Waals surface area (Å²) in [6.07, 6.45) is 3.64. The van der Waals surface area contributed by atoms with Gasteiger partial charge in [0.05, 0.1) is 17.2 Å². The number of rotatable bonds is 3. The maximum absolute atomic E-state index is 5.69. The highest BCUT2D eigenvalue weighted by molar-refractivity contribution is 6.17. The number of halogens is 1. The van der Waals surface area contributed by atoms with E-state index in [1.165, 1.54) is 0 Å². The van der Waals surface area contributed by atoms with E-state index >= 15 is 0 Å². The minimum absolute atomic E-state index is 0.663. The third kappa shape index (κ3) is 1.87. The highest BCUT2D eigenvalue weighted by atomic mass is 35.5. The van der Waals surface area contributed by atoms with Crippen molar-refractivity contribution in [1.29, 1.82) is 0 Å². The predicted octanol–water partition coefficient (Wildman–Crippen LogP) is 3.28. The molecule has 86 valence electrons. The Morgan fingerprint density at radius 1 is 1.18 bits per heavy atom. The van der Waals surface area contributed by atoms with Crippen molar-refractivity contribution >= 4 is 33.5 Å². The molecule has 1 aromatic carbocycles. The zero-order valence-electron chi connectivity index (χ0n) is 9.28. The first-order valence-corrected chi connectivity index (χ1v) is 6.20. The Labute approximate surface area is 104 Å². The molecule has 0 saturated heterocycles. The van der Waals surface area contributed by atoms with Crippen LogP contribution in [0.3, 0.4) is 0 Å². The van der Waals surface area contributed by atoms with Crippen LogP contribution < -0.4 is 0 Å². The number of para-hydroxylation sites is 1. The molecule has 0 aliphatic rings. The molecular formula is C13H12ClN3. The Morgan fingerprint density at radius 2 is 2.06 bits per heavy atom. The lowest BCUT2D eigenvalue weighted by Crippen LogP contribution is -1.88. The van der Waals surface area contributed by atoms with Gasteiger partial charge in [0.1, 0.15) is 11.3 Å². The van der Waals surface area contributed by atoms with Gasteiger partial charge in [-0.3, -0.25) is 4.98 Å². The van der Waals surface area contributed by atoms with E-state index in [4.69, 9.17) is 11.6 Å². The Balaban J connectivity index is 2.17. The van der Waals surface area contributed by atoms with E-state index in [2.05, 4.69) is 21.0 Å². The summed E-state index contributed by atoms with van der Waals surface area (Å²) in [4.78, 5) is 12.3. The van der Waals surface area contributed by atoms with Gasteiger partial charge in [-0.25, -0.2) is 4.98 Å². The normalized spacial score (nSPS) is 11.4. The van der Waals surface area contributed by atoms with Crippen molar-refractivity contribution in [3.8, 4) is 0 Å². The second-order valence-electron chi connectivity index (χ2n) is 4.01. The van der Waals surface area contributed by atoms with Gasteiger partial charge in [0.2, 0.25) is 0 Å². The summed E-state index contributed by atoms with van der Waals surface area (Å²) < 4.78 is 0. The van der Waals surface area contributed by atoms with Crippen molar-refractivity contribution < 1.29 is 0 Å². The molecule has 3 rings (SSSR count). The molecule has 4 heteroatoms. The number of aromatic amines is 1. The molecule has 0 radical (unpaired) electrons. The second kappa shape index (κ2) is 4.34. The van der Waals surface area contributed by atoms with E-state index in [0.717, 1.165) is 40.6 Å². The van der Waals surface area contributed by atoms with Crippen LogP contribution in [0.15, 0.2) is 30.5 Å².